The van der Waals surface area contributed by atoms with Gasteiger partial charge >= 0.3 is 5.97 Å². The van der Waals surface area contributed by atoms with Crippen LogP contribution in [0.1, 0.15) is 24.1 Å². The minimum absolute atomic E-state index is 0.0215. The fourth-order valence-electron chi connectivity index (χ4n) is 1.97. The third-order valence-electron chi connectivity index (χ3n) is 2.89. The standard InChI is InChI=1S/C14H15FN2O2S/c1-8(6-11(18)19)13-12(17-14(16-2)20-13)9-4-3-5-10(15)7-9/h3-5,7-8H,6H2,1-2H3,(H,16,17)(H,18,19). The van der Waals surface area contributed by atoms with Crippen LogP contribution < -0.4 is 5.32 Å². The molecule has 0 aliphatic rings. The van der Waals surface area contributed by atoms with Crippen LogP contribution in [0.2, 0.25) is 0 Å². The average Bonchev–Trinajstić information content (AvgIpc) is 2.82. The van der Waals surface area contributed by atoms with Gasteiger partial charge in [-0.15, -0.1) is 11.3 Å². The molecule has 20 heavy (non-hydrogen) atoms. The van der Waals surface area contributed by atoms with E-state index in [1.54, 1.807) is 19.2 Å². The summed E-state index contributed by atoms with van der Waals surface area (Å²) in [4.78, 5) is 16.1. The van der Waals surface area contributed by atoms with Crippen LogP contribution in [0.3, 0.4) is 0 Å². The number of carboxylic acids is 1. The highest BCUT2D eigenvalue weighted by molar-refractivity contribution is 7.16. The first-order valence-electron chi connectivity index (χ1n) is 6.17. The molecule has 1 aromatic heterocycles. The van der Waals surface area contributed by atoms with E-state index in [1.165, 1.54) is 23.5 Å². The molecule has 1 heterocycles. The zero-order valence-electron chi connectivity index (χ0n) is 11.2. The lowest BCUT2D eigenvalue weighted by atomic mass is 10.0. The van der Waals surface area contributed by atoms with Crippen molar-refractivity contribution in [2.75, 3.05) is 12.4 Å². The summed E-state index contributed by atoms with van der Waals surface area (Å²) < 4.78 is 13.4. The first kappa shape index (κ1) is 14.5. The van der Waals surface area contributed by atoms with Crippen molar-refractivity contribution in [3.63, 3.8) is 0 Å². The Morgan fingerprint density at radius 3 is 2.90 bits per heavy atom. The van der Waals surface area contributed by atoms with Crippen molar-refractivity contribution in [3.05, 3.63) is 35.0 Å². The molecular weight excluding hydrogens is 279 g/mol. The summed E-state index contributed by atoms with van der Waals surface area (Å²) in [5.74, 6) is -1.37. The van der Waals surface area contributed by atoms with Crippen LogP contribution in [-0.2, 0) is 4.79 Å². The van der Waals surface area contributed by atoms with Crippen molar-refractivity contribution in [3.8, 4) is 11.3 Å². The fraction of sp³-hybridized carbons (Fsp3) is 0.286. The van der Waals surface area contributed by atoms with Crippen LogP contribution >= 0.6 is 11.3 Å². The highest BCUT2D eigenvalue weighted by Gasteiger charge is 2.20. The number of aromatic nitrogens is 1. The number of benzene rings is 1. The molecule has 1 unspecified atom stereocenters. The van der Waals surface area contributed by atoms with Gasteiger partial charge in [-0.2, -0.15) is 0 Å². The Hall–Kier alpha value is -1.95. The molecule has 0 radical (unpaired) electrons. The van der Waals surface area contributed by atoms with E-state index in [0.29, 0.717) is 16.4 Å². The molecule has 0 aliphatic heterocycles. The molecule has 0 bridgehead atoms. The van der Waals surface area contributed by atoms with Gasteiger partial charge in [-0.05, 0) is 12.1 Å². The maximum atomic E-state index is 13.4. The summed E-state index contributed by atoms with van der Waals surface area (Å²) in [7, 11) is 1.75. The number of aliphatic carboxylic acids is 1. The fourth-order valence-corrected chi connectivity index (χ4v) is 2.96. The third-order valence-corrected chi connectivity index (χ3v) is 4.20. The van der Waals surface area contributed by atoms with Gasteiger partial charge in [0.25, 0.3) is 0 Å². The molecular formula is C14H15FN2O2S. The van der Waals surface area contributed by atoms with E-state index < -0.39 is 5.97 Å². The number of nitrogens with zero attached hydrogens (tertiary/aromatic N) is 1. The predicted octanol–water partition coefficient (Wildman–Crippen LogP) is 3.57. The number of thiazole rings is 1. The minimum Gasteiger partial charge on any atom is -0.481 e. The zero-order chi connectivity index (χ0) is 14.7. The molecule has 1 aromatic carbocycles. The molecule has 0 fully saturated rings. The van der Waals surface area contributed by atoms with Crippen LogP contribution in [-0.4, -0.2) is 23.1 Å². The first-order chi connectivity index (χ1) is 9.51. The van der Waals surface area contributed by atoms with Gasteiger partial charge in [0.1, 0.15) is 5.82 Å². The van der Waals surface area contributed by atoms with Crippen molar-refractivity contribution >= 4 is 22.4 Å². The second-order valence-corrected chi connectivity index (χ2v) is 5.52. The Balaban J connectivity index is 2.46. The summed E-state index contributed by atoms with van der Waals surface area (Å²) in [6.45, 7) is 1.84. The largest absolute Gasteiger partial charge is 0.481 e. The van der Waals surface area contributed by atoms with Crippen LogP contribution in [0.25, 0.3) is 11.3 Å². The molecule has 1 atom stereocenters. The second kappa shape index (κ2) is 6.00. The van der Waals surface area contributed by atoms with Crippen LogP contribution in [0, 0.1) is 5.82 Å². The highest BCUT2D eigenvalue weighted by Crippen LogP contribution is 2.37. The first-order valence-corrected chi connectivity index (χ1v) is 6.99. The second-order valence-electron chi connectivity index (χ2n) is 4.49. The molecule has 6 heteroatoms. The minimum atomic E-state index is -0.859. The van der Waals surface area contributed by atoms with Crippen molar-refractivity contribution < 1.29 is 14.3 Å². The zero-order valence-corrected chi connectivity index (χ0v) is 12.0. The number of anilines is 1. The molecule has 2 aromatic rings. The van der Waals surface area contributed by atoms with Gasteiger partial charge in [0.15, 0.2) is 5.13 Å². The van der Waals surface area contributed by atoms with Gasteiger partial charge in [0.2, 0.25) is 0 Å². The van der Waals surface area contributed by atoms with Gasteiger partial charge in [0, 0.05) is 23.4 Å². The molecule has 0 amide bonds. The van der Waals surface area contributed by atoms with Gasteiger partial charge in [-0.3, -0.25) is 4.79 Å². The Morgan fingerprint density at radius 1 is 1.55 bits per heavy atom. The van der Waals surface area contributed by atoms with Crippen molar-refractivity contribution in [1.82, 2.24) is 4.98 Å². The number of nitrogens with one attached hydrogen (secondary N) is 1. The summed E-state index contributed by atoms with van der Waals surface area (Å²) in [5, 5.41) is 12.6. The average molecular weight is 294 g/mol. The normalized spacial score (nSPS) is 12.2. The van der Waals surface area contributed by atoms with E-state index in [9.17, 15) is 9.18 Å². The van der Waals surface area contributed by atoms with Gasteiger partial charge < -0.3 is 10.4 Å². The molecule has 0 aliphatic carbocycles. The maximum Gasteiger partial charge on any atom is 0.303 e. The SMILES string of the molecule is CNc1nc(-c2cccc(F)c2)c(C(C)CC(=O)O)s1. The predicted molar refractivity (Wildman–Crippen MR) is 77.7 cm³/mol. The summed E-state index contributed by atoms with van der Waals surface area (Å²) in [5.41, 5.74) is 1.31. The molecule has 0 saturated heterocycles. The maximum absolute atomic E-state index is 13.4. The molecule has 2 rings (SSSR count). The Labute approximate surface area is 120 Å². The van der Waals surface area contributed by atoms with E-state index in [-0.39, 0.29) is 18.2 Å². The summed E-state index contributed by atoms with van der Waals surface area (Å²) >= 11 is 1.40. The number of hydrogen-bond donors (Lipinski definition) is 2. The van der Waals surface area contributed by atoms with Crippen LogP contribution in [0.15, 0.2) is 24.3 Å². The molecule has 2 N–H and O–H groups in total. The van der Waals surface area contributed by atoms with Crippen molar-refractivity contribution in [2.24, 2.45) is 0 Å². The van der Waals surface area contributed by atoms with E-state index >= 15 is 0 Å². The summed E-state index contributed by atoms with van der Waals surface area (Å²) in [6.07, 6.45) is 0.0215. The van der Waals surface area contributed by atoms with Crippen LogP contribution in [0.4, 0.5) is 9.52 Å². The highest BCUT2D eigenvalue weighted by atomic mass is 32.1. The monoisotopic (exact) mass is 294 g/mol. The smallest absolute Gasteiger partial charge is 0.303 e. The number of carbonyl (C=O) groups is 1. The number of rotatable bonds is 5. The summed E-state index contributed by atoms with van der Waals surface area (Å²) in [6, 6.07) is 6.17. The van der Waals surface area contributed by atoms with E-state index in [0.717, 1.165) is 4.88 Å². The Kier molecular flexibility index (Phi) is 4.34. The lowest BCUT2D eigenvalue weighted by molar-refractivity contribution is -0.137. The van der Waals surface area contributed by atoms with Gasteiger partial charge in [-0.25, -0.2) is 9.37 Å². The van der Waals surface area contributed by atoms with E-state index in [1.807, 2.05) is 6.92 Å². The van der Waals surface area contributed by atoms with E-state index in [4.69, 9.17) is 5.11 Å². The number of hydrogen-bond acceptors (Lipinski definition) is 4. The molecule has 4 nitrogen and oxygen atoms in total. The Morgan fingerprint density at radius 2 is 2.30 bits per heavy atom. The van der Waals surface area contributed by atoms with E-state index in [2.05, 4.69) is 10.3 Å². The molecule has 106 valence electrons. The Bertz CT molecular complexity index is 627. The van der Waals surface area contributed by atoms with Gasteiger partial charge in [-0.1, -0.05) is 19.1 Å². The number of carboxylic acid groups (broad SMARTS) is 1. The van der Waals surface area contributed by atoms with Crippen LogP contribution in [0.5, 0.6) is 0 Å². The lowest BCUT2D eigenvalue weighted by Crippen LogP contribution is -2.02. The van der Waals surface area contributed by atoms with Crippen molar-refractivity contribution in [2.45, 2.75) is 19.3 Å². The molecule has 0 spiro atoms. The topological polar surface area (TPSA) is 62.2 Å². The van der Waals surface area contributed by atoms with Gasteiger partial charge in [0.05, 0.1) is 12.1 Å². The molecule has 0 saturated carbocycles. The lowest BCUT2D eigenvalue weighted by Gasteiger charge is -2.08. The quantitative estimate of drug-likeness (QED) is 0.885. The van der Waals surface area contributed by atoms with Crippen molar-refractivity contribution in [1.29, 1.82) is 0 Å². The third kappa shape index (κ3) is 3.14. The number of halogens is 1.